The van der Waals surface area contributed by atoms with Crippen molar-refractivity contribution in [3.05, 3.63) is 77.2 Å². The number of carbonyl (C=O) groups excluding carboxylic acids is 1. The first-order valence-electron chi connectivity index (χ1n) is 11.3. The number of benzene rings is 2. The van der Waals surface area contributed by atoms with E-state index in [9.17, 15) is 9.18 Å². The van der Waals surface area contributed by atoms with E-state index in [2.05, 4.69) is 35.9 Å². The van der Waals surface area contributed by atoms with Crippen molar-refractivity contribution in [2.24, 2.45) is 0 Å². The molecule has 0 atom stereocenters. The highest BCUT2D eigenvalue weighted by atomic mass is 19.1. The molecule has 1 heterocycles. The Hall–Kier alpha value is -2.99. The molecule has 32 heavy (non-hydrogen) atoms. The van der Waals surface area contributed by atoms with Crippen molar-refractivity contribution in [3.63, 3.8) is 0 Å². The largest absolute Gasteiger partial charge is 0.342 e. The van der Waals surface area contributed by atoms with Gasteiger partial charge in [0.25, 0.3) is 5.91 Å². The molecule has 5 nitrogen and oxygen atoms in total. The van der Waals surface area contributed by atoms with Crippen LogP contribution in [0, 0.1) is 5.82 Å². The maximum atomic E-state index is 13.1. The summed E-state index contributed by atoms with van der Waals surface area (Å²) in [7, 11) is 1.84. The Balaban J connectivity index is 1.49. The molecule has 170 valence electrons. The minimum atomic E-state index is -0.259. The monoisotopic (exact) mass is 436 g/mol. The van der Waals surface area contributed by atoms with E-state index in [1.807, 2.05) is 37.4 Å². The van der Waals surface area contributed by atoms with E-state index in [1.54, 1.807) is 17.0 Å². The van der Waals surface area contributed by atoms with Gasteiger partial charge in [-0.25, -0.2) is 4.39 Å². The molecule has 0 aliphatic heterocycles. The summed E-state index contributed by atoms with van der Waals surface area (Å²) in [5.41, 5.74) is 4.60. The number of aromatic amines is 1. The van der Waals surface area contributed by atoms with Crippen molar-refractivity contribution in [1.29, 1.82) is 0 Å². The summed E-state index contributed by atoms with van der Waals surface area (Å²) in [5.74, 6) is -0.227. The fourth-order valence-corrected chi connectivity index (χ4v) is 3.73. The molecule has 2 aromatic carbocycles. The normalized spacial score (nSPS) is 11.3. The molecule has 0 fully saturated rings. The third-order valence-corrected chi connectivity index (χ3v) is 5.78. The minimum absolute atomic E-state index is 0.0318. The average molecular weight is 437 g/mol. The molecule has 1 N–H and O–H groups in total. The highest BCUT2D eigenvalue weighted by molar-refractivity contribution is 5.94. The molecule has 3 rings (SSSR count). The van der Waals surface area contributed by atoms with E-state index in [0.29, 0.717) is 18.2 Å². The molecule has 0 bridgehead atoms. The van der Waals surface area contributed by atoms with Gasteiger partial charge < -0.3 is 4.90 Å². The number of amides is 1. The number of H-pyrrole nitrogens is 1. The van der Waals surface area contributed by atoms with Crippen molar-refractivity contribution in [3.8, 4) is 11.3 Å². The van der Waals surface area contributed by atoms with E-state index >= 15 is 0 Å². The number of hydrogen-bond acceptors (Lipinski definition) is 3. The van der Waals surface area contributed by atoms with E-state index in [-0.39, 0.29) is 11.7 Å². The quantitative estimate of drug-likeness (QED) is 0.478. The molecule has 1 aromatic heterocycles. The fraction of sp³-hybridized carbons (Fsp3) is 0.385. The summed E-state index contributed by atoms with van der Waals surface area (Å²) in [6.45, 7) is 9.11. The van der Waals surface area contributed by atoms with E-state index in [1.165, 1.54) is 17.7 Å². The lowest BCUT2D eigenvalue weighted by atomic mass is 10.1. The molecule has 0 aliphatic carbocycles. The third-order valence-electron chi connectivity index (χ3n) is 5.78. The van der Waals surface area contributed by atoms with Crippen LogP contribution in [-0.2, 0) is 13.0 Å². The number of nitrogens with zero attached hydrogens (tertiary/aromatic N) is 3. The van der Waals surface area contributed by atoms with Gasteiger partial charge in [0.2, 0.25) is 0 Å². The molecule has 0 unspecified atom stereocenters. The predicted octanol–water partition coefficient (Wildman–Crippen LogP) is 5.15. The molecule has 0 aliphatic rings. The average Bonchev–Trinajstić information content (AvgIpc) is 3.26. The Kier molecular flexibility index (Phi) is 8.17. The molecule has 0 radical (unpaired) electrons. The van der Waals surface area contributed by atoms with E-state index < -0.39 is 0 Å². The Bertz CT molecular complexity index is 995. The number of hydrogen-bond donors (Lipinski definition) is 1. The summed E-state index contributed by atoms with van der Waals surface area (Å²) in [6, 6.07) is 16.7. The van der Waals surface area contributed by atoms with Gasteiger partial charge in [-0.2, -0.15) is 5.10 Å². The second-order valence-electron chi connectivity index (χ2n) is 8.47. The number of carbonyl (C=O) groups is 1. The molecule has 6 heteroatoms. The third kappa shape index (κ3) is 6.26. The fourth-order valence-electron chi connectivity index (χ4n) is 3.73. The molecule has 3 aromatic rings. The SMILES string of the molecule is CCN(Cc1ccc(C(=O)N(C)CCCc2cc(-c3ccc(F)cc3)n[nH]2)cc1)C(C)C. The zero-order chi connectivity index (χ0) is 23.1. The van der Waals surface area contributed by atoms with Gasteiger partial charge in [-0.15, -0.1) is 0 Å². The summed E-state index contributed by atoms with van der Waals surface area (Å²) in [6.07, 6.45) is 1.61. The highest BCUT2D eigenvalue weighted by Crippen LogP contribution is 2.19. The van der Waals surface area contributed by atoms with Gasteiger partial charge in [-0.05, 0) is 81.3 Å². The first-order chi connectivity index (χ1) is 15.4. The number of rotatable bonds is 10. The standard InChI is InChI=1S/C26H33FN4O/c1-5-31(19(2)3)18-20-8-10-22(11-9-20)26(32)30(4)16-6-7-24-17-25(29-28-24)21-12-14-23(27)15-13-21/h8-15,17,19H,5-7,16,18H2,1-4H3,(H,28,29). The summed E-state index contributed by atoms with van der Waals surface area (Å²) < 4.78 is 13.1. The molecule has 0 saturated carbocycles. The Morgan fingerprint density at radius 2 is 1.78 bits per heavy atom. The van der Waals surface area contributed by atoms with Gasteiger partial charge in [0.1, 0.15) is 5.82 Å². The molecule has 1 amide bonds. The van der Waals surface area contributed by atoms with Crippen LogP contribution in [-0.4, -0.2) is 52.1 Å². The molecule has 0 spiro atoms. The van der Waals surface area contributed by atoms with Crippen molar-refractivity contribution in [2.75, 3.05) is 20.1 Å². The highest BCUT2D eigenvalue weighted by Gasteiger charge is 2.13. The van der Waals surface area contributed by atoms with E-state index in [0.717, 1.165) is 42.9 Å². The van der Waals surface area contributed by atoms with Crippen LogP contribution in [0.4, 0.5) is 4.39 Å². The zero-order valence-corrected chi connectivity index (χ0v) is 19.4. The number of halogens is 1. The summed E-state index contributed by atoms with van der Waals surface area (Å²) >= 11 is 0. The summed E-state index contributed by atoms with van der Waals surface area (Å²) in [5, 5.41) is 7.35. The van der Waals surface area contributed by atoms with Crippen LogP contribution < -0.4 is 0 Å². The van der Waals surface area contributed by atoms with Crippen molar-refractivity contribution >= 4 is 5.91 Å². The van der Waals surface area contributed by atoms with Gasteiger partial charge in [-0.3, -0.25) is 14.8 Å². The number of nitrogens with one attached hydrogen (secondary N) is 1. The van der Waals surface area contributed by atoms with Crippen molar-refractivity contribution in [2.45, 2.75) is 46.2 Å². The second kappa shape index (κ2) is 11.0. The summed E-state index contributed by atoms with van der Waals surface area (Å²) in [4.78, 5) is 16.9. The second-order valence-corrected chi connectivity index (χ2v) is 8.47. The molecular weight excluding hydrogens is 403 g/mol. The minimum Gasteiger partial charge on any atom is -0.342 e. The first-order valence-corrected chi connectivity index (χ1v) is 11.3. The molecular formula is C26H33FN4O. The van der Waals surface area contributed by atoms with Crippen LogP contribution in [0.2, 0.25) is 0 Å². The van der Waals surface area contributed by atoms with Crippen LogP contribution in [0.25, 0.3) is 11.3 Å². The number of aryl methyl sites for hydroxylation is 1. The zero-order valence-electron chi connectivity index (χ0n) is 19.4. The van der Waals surface area contributed by atoms with Gasteiger partial charge in [-0.1, -0.05) is 19.1 Å². The predicted molar refractivity (Wildman–Crippen MR) is 127 cm³/mol. The van der Waals surface area contributed by atoms with Gasteiger partial charge in [0.15, 0.2) is 0 Å². The Labute approximate surface area is 190 Å². The van der Waals surface area contributed by atoms with Crippen LogP contribution in [0.1, 0.15) is 48.8 Å². The topological polar surface area (TPSA) is 52.2 Å². The smallest absolute Gasteiger partial charge is 0.253 e. The molecule has 0 saturated heterocycles. The van der Waals surface area contributed by atoms with Crippen LogP contribution in [0.3, 0.4) is 0 Å². The van der Waals surface area contributed by atoms with Gasteiger partial charge >= 0.3 is 0 Å². The van der Waals surface area contributed by atoms with Crippen molar-refractivity contribution in [1.82, 2.24) is 20.0 Å². The van der Waals surface area contributed by atoms with Crippen LogP contribution >= 0.6 is 0 Å². The lowest BCUT2D eigenvalue weighted by Gasteiger charge is -2.25. The Morgan fingerprint density at radius 1 is 1.09 bits per heavy atom. The first kappa shape index (κ1) is 23.7. The Morgan fingerprint density at radius 3 is 2.41 bits per heavy atom. The maximum absolute atomic E-state index is 13.1. The van der Waals surface area contributed by atoms with Crippen LogP contribution in [0.15, 0.2) is 54.6 Å². The lowest BCUT2D eigenvalue weighted by Crippen LogP contribution is -2.30. The number of aromatic nitrogens is 2. The van der Waals surface area contributed by atoms with Gasteiger partial charge in [0, 0.05) is 43.0 Å². The van der Waals surface area contributed by atoms with E-state index in [4.69, 9.17) is 0 Å². The van der Waals surface area contributed by atoms with Gasteiger partial charge in [0.05, 0.1) is 5.69 Å². The van der Waals surface area contributed by atoms with Crippen LogP contribution in [0.5, 0.6) is 0 Å². The van der Waals surface area contributed by atoms with Crippen molar-refractivity contribution < 1.29 is 9.18 Å². The maximum Gasteiger partial charge on any atom is 0.253 e. The lowest BCUT2D eigenvalue weighted by molar-refractivity contribution is 0.0793.